The van der Waals surface area contributed by atoms with Gasteiger partial charge >= 0.3 is 0 Å². The predicted octanol–water partition coefficient (Wildman–Crippen LogP) is 2.40. The van der Waals surface area contributed by atoms with Gasteiger partial charge in [0, 0.05) is 25.8 Å². The molecule has 5 nitrogen and oxygen atoms in total. The smallest absolute Gasteiger partial charge is 0.257 e. The number of nitrogens with zero attached hydrogens (tertiary/aromatic N) is 1. The molecule has 1 aromatic carbocycles. The Balaban J connectivity index is 2.61. The molecule has 0 heterocycles. The molecule has 1 aromatic rings. The largest absolute Gasteiger partial charge is 0.491 e. The molecule has 1 amide bonds. The maximum absolute atomic E-state index is 12.2. The average molecular weight is 334 g/mol. The Morgan fingerprint density at radius 2 is 1.83 bits per heavy atom. The van der Waals surface area contributed by atoms with Crippen molar-refractivity contribution in [2.45, 2.75) is 0 Å². The lowest BCUT2D eigenvalue weighted by Gasteiger charge is -2.22. The van der Waals surface area contributed by atoms with Crippen LogP contribution in [0, 0.1) is 0 Å². The Labute approximate surface area is 142 Å². The molecule has 0 aliphatic rings. The van der Waals surface area contributed by atoms with Crippen molar-refractivity contribution < 1.29 is 14.3 Å². The minimum absolute atomic E-state index is 0.267. The van der Waals surface area contributed by atoms with Gasteiger partial charge in [0.05, 0.1) is 6.61 Å². The SMILES string of the molecule is C=CCN(CC=C)C(=S)NC(=O)c1ccc(OCCOC)cc1. The molecule has 0 aliphatic carbocycles. The van der Waals surface area contributed by atoms with Gasteiger partial charge in [-0.05, 0) is 36.5 Å². The van der Waals surface area contributed by atoms with Gasteiger partial charge in [0.25, 0.3) is 5.91 Å². The van der Waals surface area contributed by atoms with E-state index in [0.29, 0.717) is 42.7 Å². The molecule has 0 radical (unpaired) electrons. The van der Waals surface area contributed by atoms with Crippen LogP contribution in [-0.4, -0.2) is 49.3 Å². The van der Waals surface area contributed by atoms with E-state index in [0.717, 1.165) is 0 Å². The number of rotatable bonds is 9. The third kappa shape index (κ3) is 6.63. The number of thiocarbonyl (C=S) groups is 1. The van der Waals surface area contributed by atoms with E-state index < -0.39 is 0 Å². The first kappa shape index (κ1) is 18.9. The number of carbonyl (C=O) groups is 1. The fourth-order valence-corrected chi connectivity index (χ4v) is 1.99. The first-order valence-electron chi connectivity index (χ1n) is 7.16. The normalized spacial score (nSPS) is 9.78. The molecule has 0 atom stereocenters. The first-order valence-corrected chi connectivity index (χ1v) is 7.57. The van der Waals surface area contributed by atoms with Gasteiger partial charge in [-0.1, -0.05) is 12.2 Å². The Kier molecular flexibility index (Phi) is 8.64. The fraction of sp³-hybridized carbons (Fsp3) is 0.294. The first-order chi connectivity index (χ1) is 11.1. The summed E-state index contributed by atoms with van der Waals surface area (Å²) in [6.07, 6.45) is 3.43. The second kappa shape index (κ2) is 10.5. The molecule has 1 N–H and O–H groups in total. The highest BCUT2D eigenvalue weighted by molar-refractivity contribution is 7.80. The van der Waals surface area contributed by atoms with Gasteiger partial charge in [-0.25, -0.2) is 0 Å². The topological polar surface area (TPSA) is 50.8 Å². The van der Waals surface area contributed by atoms with E-state index in [-0.39, 0.29) is 5.91 Å². The van der Waals surface area contributed by atoms with Crippen LogP contribution in [0.25, 0.3) is 0 Å². The van der Waals surface area contributed by atoms with Crippen molar-refractivity contribution in [1.29, 1.82) is 0 Å². The highest BCUT2D eigenvalue weighted by atomic mass is 32.1. The van der Waals surface area contributed by atoms with Crippen LogP contribution in [0.1, 0.15) is 10.4 Å². The highest BCUT2D eigenvalue weighted by Gasteiger charge is 2.12. The number of hydrogen-bond acceptors (Lipinski definition) is 4. The van der Waals surface area contributed by atoms with Gasteiger partial charge in [-0.3, -0.25) is 10.1 Å². The summed E-state index contributed by atoms with van der Waals surface area (Å²) in [6, 6.07) is 6.84. The third-order valence-corrected chi connectivity index (χ3v) is 3.24. The van der Waals surface area contributed by atoms with E-state index in [4.69, 9.17) is 21.7 Å². The molecule has 124 valence electrons. The summed E-state index contributed by atoms with van der Waals surface area (Å²) in [4.78, 5) is 14.0. The van der Waals surface area contributed by atoms with Gasteiger partial charge in [-0.15, -0.1) is 13.2 Å². The minimum atomic E-state index is -0.267. The maximum atomic E-state index is 12.2. The van der Waals surface area contributed by atoms with Gasteiger partial charge in [-0.2, -0.15) is 0 Å². The van der Waals surface area contributed by atoms with Crippen molar-refractivity contribution in [3.05, 3.63) is 55.1 Å². The zero-order valence-electron chi connectivity index (χ0n) is 13.3. The van der Waals surface area contributed by atoms with Crippen LogP contribution in [0.2, 0.25) is 0 Å². The summed E-state index contributed by atoms with van der Waals surface area (Å²) >= 11 is 5.24. The lowest BCUT2D eigenvalue weighted by molar-refractivity contribution is 0.0973. The zero-order chi connectivity index (χ0) is 17.1. The lowest BCUT2D eigenvalue weighted by Crippen LogP contribution is -2.42. The minimum Gasteiger partial charge on any atom is -0.491 e. The molecule has 0 fully saturated rings. The van der Waals surface area contributed by atoms with E-state index >= 15 is 0 Å². The molecule has 6 heteroatoms. The summed E-state index contributed by atoms with van der Waals surface area (Å²) in [6.45, 7) is 9.40. The Hall–Kier alpha value is -2.18. The van der Waals surface area contributed by atoms with Gasteiger partial charge in [0.15, 0.2) is 5.11 Å². The van der Waals surface area contributed by atoms with Crippen molar-refractivity contribution in [1.82, 2.24) is 10.2 Å². The van der Waals surface area contributed by atoms with Crippen molar-refractivity contribution in [2.24, 2.45) is 0 Å². The monoisotopic (exact) mass is 334 g/mol. The molecule has 0 bridgehead atoms. The number of nitrogens with one attached hydrogen (secondary N) is 1. The fourth-order valence-electron chi connectivity index (χ4n) is 1.75. The molecule has 23 heavy (non-hydrogen) atoms. The molecule has 0 saturated carbocycles. The van der Waals surface area contributed by atoms with E-state index in [1.54, 1.807) is 48.4 Å². The average Bonchev–Trinajstić information content (AvgIpc) is 2.55. The van der Waals surface area contributed by atoms with Crippen molar-refractivity contribution >= 4 is 23.2 Å². The Bertz CT molecular complexity index is 533. The second-order valence-corrected chi connectivity index (χ2v) is 4.99. The van der Waals surface area contributed by atoms with Crippen LogP contribution < -0.4 is 10.1 Å². The summed E-state index contributed by atoms with van der Waals surface area (Å²) in [5.41, 5.74) is 0.503. The van der Waals surface area contributed by atoms with Crippen molar-refractivity contribution in [3.8, 4) is 5.75 Å². The van der Waals surface area contributed by atoms with Crippen LogP contribution in [0.5, 0.6) is 5.75 Å². The molecule has 0 spiro atoms. The Morgan fingerprint density at radius 1 is 1.22 bits per heavy atom. The summed E-state index contributed by atoms with van der Waals surface area (Å²) in [7, 11) is 1.61. The molecular weight excluding hydrogens is 312 g/mol. The number of amides is 1. The van der Waals surface area contributed by atoms with Gasteiger partial charge in [0.2, 0.25) is 0 Å². The zero-order valence-corrected chi connectivity index (χ0v) is 14.1. The Morgan fingerprint density at radius 3 is 2.35 bits per heavy atom. The molecule has 0 aromatic heterocycles. The highest BCUT2D eigenvalue weighted by Crippen LogP contribution is 2.12. The lowest BCUT2D eigenvalue weighted by atomic mass is 10.2. The van der Waals surface area contributed by atoms with E-state index in [1.807, 2.05) is 0 Å². The van der Waals surface area contributed by atoms with Crippen LogP contribution in [-0.2, 0) is 4.74 Å². The number of carbonyl (C=O) groups excluding carboxylic acids is 1. The number of benzene rings is 1. The maximum Gasteiger partial charge on any atom is 0.257 e. The standard InChI is InChI=1S/C17H22N2O3S/c1-4-10-19(11-5-2)17(23)18-16(20)14-6-8-15(9-7-14)22-13-12-21-3/h4-9H,1-2,10-13H2,3H3,(H,18,20,23). The summed E-state index contributed by atoms with van der Waals surface area (Å²) in [5, 5.41) is 3.04. The van der Waals surface area contributed by atoms with Crippen LogP contribution in [0.15, 0.2) is 49.6 Å². The molecule has 0 aliphatic heterocycles. The predicted molar refractivity (Wildman–Crippen MR) is 95.8 cm³/mol. The molecule has 0 saturated heterocycles. The third-order valence-electron chi connectivity index (χ3n) is 2.88. The van der Waals surface area contributed by atoms with Crippen molar-refractivity contribution in [3.63, 3.8) is 0 Å². The van der Waals surface area contributed by atoms with Crippen molar-refractivity contribution in [2.75, 3.05) is 33.4 Å². The van der Waals surface area contributed by atoms with Gasteiger partial charge in [0.1, 0.15) is 12.4 Å². The van der Waals surface area contributed by atoms with E-state index in [1.165, 1.54) is 0 Å². The molecule has 0 unspecified atom stereocenters. The molecule has 1 rings (SSSR count). The summed E-state index contributed by atoms with van der Waals surface area (Å²) < 4.78 is 10.4. The van der Waals surface area contributed by atoms with Crippen LogP contribution in [0.4, 0.5) is 0 Å². The van der Waals surface area contributed by atoms with E-state index in [9.17, 15) is 4.79 Å². The number of hydrogen-bond donors (Lipinski definition) is 1. The number of methoxy groups -OCH3 is 1. The van der Waals surface area contributed by atoms with E-state index in [2.05, 4.69) is 18.5 Å². The van der Waals surface area contributed by atoms with Crippen LogP contribution >= 0.6 is 12.2 Å². The van der Waals surface area contributed by atoms with Gasteiger partial charge < -0.3 is 14.4 Å². The number of ether oxygens (including phenoxy) is 2. The quantitative estimate of drug-likeness (QED) is 0.427. The summed E-state index contributed by atoms with van der Waals surface area (Å²) in [5.74, 6) is 0.415. The van der Waals surface area contributed by atoms with Crippen LogP contribution in [0.3, 0.4) is 0 Å². The second-order valence-electron chi connectivity index (χ2n) is 4.61. The molecular formula is C17H22N2O3S.